The summed E-state index contributed by atoms with van der Waals surface area (Å²) in [4.78, 5) is 0. The van der Waals surface area contributed by atoms with E-state index in [2.05, 4.69) is 28.3 Å². The van der Waals surface area contributed by atoms with Crippen LogP contribution in [0.1, 0.15) is 18.5 Å². The maximum atomic E-state index is 11.6. The second-order valence-corrected chi connectivity index (χ2v) is 8.33. The molecule has 140 valence electrons. The zero-order chi connectivity index (χ0) is 19.6. The van der Waals surface area contributed by atoms with Gasteiger partial charge >= 0.3 is 0 Å². The third-order valence-electron chi connectivity index (χ3n) is 4.38. The fourth-order valence-corrected chi connectivity index (χ4v) is 3.75. The molecule has 1 aromatic heterocycles. The Labute approximate surface area is 160 Å². The Balaban J connectivity index is 2.17. The molecule has 0 bridgehead atoms. The van der Waals surface area contributed by atoms with Gasteiger partial charge in [0.1, 0.15) is 0 Å². The normalized spacial score (nSPS) is 12.7. The van der Waals surface area contributed by atoms with Gasteiger partial charge in [0.15, 0.2) is 0 Å². The van der Waals surface area contributed by atoms with Gasteiger partial charge < -0.3 is 9.30 Å². The fourth-order valence-electron chi connectivity index (χ4n) is 3.19. The molecule has 0 aliphatic rings. The first kappa shape index (κ1) is 19.0. The molecule has 3 rings (SSSR count). The van der Waals surface area contributed by atoms with Crippen LogP contribution in [0.5, 0.6) is 0 Å². The Morgan fingerprint density at radius 1 is 1.22 bits per heavy atom. The Morgan fingerprint density at radius 3 is 2.52 bits per heavy atom. The second-order valence-electron chi connectivity index (χ2n) is 6.58. The van der Waals surface area contributed by atoms with E-state index in [9.17, 15) is 8.42 Å². The fraction of sp³-hybridized carbons (Fsp3) is 0.238. The lowest BCUT2D eigenvalue weighted by Crippen LogP contribution is -2.11. The van der Waals surface area contributed by atoms with Gasteiger partial charge in [0.05, 0.1) is 30.1 Å². The molecular weight excluding hydrogens is 360 g/mol. The summed E-state index contributed by atoms with van der Waals surface area (Å²) in [5.41, 5.74) is 4.40. The number of methoxy groups -OCH3 is 1. The van der Waals surface area contributed by atoms with Crippen molar-refractivity contribution in [3.63, 3.8) is 0 Å². The van der Waals surface area contributed by atoms with Gasteiger partial charge in [-0.3, -0.25) is 4.72 Å². The number of aromatic nitrogens is 1. The maximum Gasteiger partial charge on any atom is 0.229 e. The molecule has 0 fully saturated rings. The number of fused-ring (bicyclic) bond motifs is 1. The number of sulfonamides is 1. The van der Waals surface area contributed by atoms with E-state index in [1.807, 2.05) is 36.4 Å². The number of ether oxygens (including phenoxy) is 1. The largest absolute Gasteiger partial charge is 0.383 e. The molecule has 0 radical (unpaired) electrons. The summed E-state index contributed by atoms with van der Waals surface area (Å²) >= 11 is 0. The molecule has 0 amide bonds. The van der Waals surface area contributed by atoms with E-state index in [1.54, 1.807) is 13.2 Å². The molecule has 2 aromatic carbocycles. The minimum Gasteiger partial charge on any atom is -0.383 e. The van der Waals surface area contributed by atoms with Crippen molar-refractivity contribution in [2.45, 2.75) is 13.0 Å². The first-order chi connectivity index (χ1) is 12.8. The van der Waals surface area contributed by atoms with Crippen LogP contribution in [-0.4, -0.2) is 33.0 Å². The number of hydrogen-bond acceptors (Lipinski definition) is 3. The maximum absolute atomic E-state index is 11.6. The molecule has 0 aliphatic heterocycles. The van der Waals surface area contributed by atoms with Crippen molar-refractivity contribution in [2.75, 3.05) is 24.7 Å². The molecule has 6 heteroatoms. The van der Waals surface area contributed by atoms with Crippen molar-refractivity contribution in [1.29, 1.82) is 0 Å². The highest BCUT2D eigenvalue weighted by Gasteiger charge is 2.15. The lowest BCUT2D eigenvalue weighted by atomic mass is 10.0. The number of rotatable bonds is 6. The smallest absolute Gasteiger partial charge is 0.229 e. The first-order valence-corrected chi connectivity index (χ1v) is 10.4. The molecule has 5 nitrogen and oxygen atoms in total. The average molecular weight is 382 g/mol. The van der Waals surface area contributed by atoms with Crippen LogP contribution < -0.4 is 4.72 Å². The van der Waals surface area contributed by atoms with Gasteiger partial charge in [-0.15, -0.1) is 6.42 Å². The number of hydrogen-bond donors (Lipinski definition) is 1. The third-order valence-corrected chi connectivity index (χ3v) is 4.99. The minimum absolute atomic E-state index is 0.0877. The van der Waals surface area contributed by atoms with Crippen molar-refractivity contribution in [3.05, 3.63) is 54.2 Å². The van der Waals surface area contributed by atoms with E-state index in [0.717, 1.165) is 33.8 Å². The molecule has 0 spiro atoms. The number of terminal acetylenes is 1. The standard InChI is InChI=1S/C21H22N2O3S/c1-5-16-6-8-17(9-7-16)20-13-23(15(2)14-26-3)21-12-18(10-11-19(20)21)22-27(4,24)25/h1,6-13,15,22H,14H2,2-4H3/t15-/m0/s1. The van der Waals surface area contributed by atoms with Crippen molar-refractivity contribution < 1.29 is 13.2 Å². The molecule has 0 unspecified atom stereocenters. The number of anilines is 1. The van der Waals surface area contributed by atoms with E-state index >= 15 is 0 Å². The van der Waals surface area contributed by atoms with Crippen LogP contribution in [0.15, 0.2) is 48.7 Å². The molecular formula is C21H22N2O3S. The Kier molecular flexibility index (Phi) is 5.26. The summed E-state index contributed by atoms with van der Waals surface area (Å²) in [5, 5.41) is 1.03. The molecule has 0 aliphatic carbocycles. The predicted molar refractivity (Wildman–Crippen MR) is 110 cm³/mol. The predicted octanol–water partition coefficient (Wildman–Crippen LogP) is 3.87. The van der Waals surface area contributed by atoms with Crippen LogP contribution in [0.3, 0.4) is 0 Å². The zero-order valence-electron chi connectivity index (χ0n) is 15.6. The van der Waals surface area contributed by atoms with Crippen LogP contribution in [0.2, 0.25) is 0 Å². The third kappa shape index (κ3) is 4.16. The second kappa shape index (κ2) is 7.47. The topological polar surface area (TPSA) is 60.3 Å². The summed E-state index contributed by atoms with van der Waals surface area (Å²) < 4.78 is 33.1. The van der Waals surface area contributed by atoms with Gasteiger partial charge in [-0.1, -0.05) is 24.1 Å². The van der Waals surface area contributed by atoms with E-state index in [-0.39, 0.29) is 6.04 Å². The Bertz CT molecular complexity index is 1110. The summed E-state index contributed by atoms with van der Waals surface area (Å²) in [6.45, 7) is 2.60. The lowest BCUT2D eigenvalue weighted by Gasteiger charge is -2.14. The molecule has 3 aromatic rings. The quantitative estimate of drug-likeness (QED) is 0.659. The van der Waals surface area contributed by atoms with Gasteiger partial charge in [-0.2, -0.15) is 0 Å². The average Bonchev–Trinajstić information content (AvgIpc) is 2.99. The Hall–Kier alpha value is -2.75. The van der Waals surface area contributed by atoms with E-state index in [0.29, 0.717) is 12.3 Å². The minimum atomic E-state index is -3.34. The van der Waals surface area contributed by atoms with Crippen LogP contribution in [0, 0.1) is 12.3 Å². The van der Waals surface area contributed by atoms with Crippen molar-refractivity contribution in [1.82, 2.24) is 4.57 Å². The van der Waals surface area contributed by atoms with Crippen molar-refractivity contribution >= 4 is 26.6 Å². The monoisotopic (exact) mass is 382 g/mol. The van der Waals surface area contributed by atoms with Crippen LogP contribution >= 0.6 is 0 Å². The number of nitrogens with one attached hydrogen (secondary N) is 1. The van der Waals surface area contributed by atoms with Gasteiger partial charge in [0, 0.05) is 29.8 Å². The first-order valence-electron chi connectivity index (χ1n) is 8.50. The summed E-state index contributed by atoms with van der Waals surface area (Å²) in [5.74, 6) is 2.63. The molecule has 27 heavy (non-hydrogen) atoms. The molecule has 1 atom stereocenters. The van der Waals surface area contributed by atoms with Crippen LogP contribution in [0.25, 0.3) is 22.0 Å². The zero-order valence-corrected chi connectivity index (χ0v) is 16.4. The molecule has 0 saturated carbocycles. The Morgan fingerprint density at radius 2 is 1.93 bits per heavy atom. The van der Waals surface area contributed by atoms with Crippen LogP contribution in [-0.2, 0) is 14.8 Å². The van der Waals surface area contributed by atoms with E-state index in [4.69, 9.17) is 11.2 Å². The molecule has 1 N–H and O–H groups in total. The van der Waals surface area contributed by atoms with Gasteiger partial charge in [-0.05, 0) is 36.8 Å². The summed E-state index contributed by atoms with van der Waals surface area (Å²) in [7, 11) is -1.68. The van der Waals surface area contributed by atoms with Crippen molar-refractivity contribution in [2.24, 2.45) is 0 Å². The van der Waals surface area contributed by atoms with E-state index in [1.165, 1.54) is 0 Å². The highest BCUT2D eigenvalue weighted by atomic mass is 32.2. The lowest BCUT2D eigenvalue weighted by molar-refractivity contribution is 0.164. The number of nitrogens with zero attached hydrogens (tertiary/aromatic N) is 1. The molecule has 0 saturated heterocycles. The van der Waals surface area contributed by atoms with Gasteiger partial charge in [0.2, 0.25) is 10.0 Å². The van der Waals surface area contributed by atoms with E-state index < -0.39 is 10.0 Å². The summed E-state index contributed by atoms with van der Waals surface area (Å²) in [6, 6.07) is 13.5. The van der Waals surface area contributed by atoms with Gasteiger partial charge in [-0.25, -0.2) is 8.42 Å². The van der Waals surface area contributed by atoms with Crippen LogP contribution in [0.4, 0.5) is 5.69 Å². The number of benzene rings is 2. The van der Waals surface area contributed by atoms with Gasteiger partial charge in [0.25, 0.3) is 0 Å². The van der Waals surface area contributed by atoms with Crippen molar-refractivity contribution in [3.8, 4) is 23.5 Å². The SMILES string of the molecule is C#Cc1ccc(-c2cn([C@@H](C)COC)c3cc(NS(C)(=O)=O)ccc23)cc1. The summed E-state index contributed by atoms with van der Waals surface area (Å²) in [6.07, 6.45) is 8.66. The molecule has 1 heterocycles. The highest BCUT2D eigenvalue weighted by Crippen LogP contribution is 2.34. The highest BCUT2D eigenvalue weighted by molar-refractivity contribution is 7.92.